The number of rotatable bonds is 3. The molecule has 0 radical (unpaired) electrons. The zero-order chi connectivity index (χ0) is 13.3. The van der Waals surface area contributed by atoms with E-state index in [1.54, 1.807) is 4.68 Å². The van der Waals surface area contributed by atoms with Crippen LogP contribution in [0.4, 0.5) is 0 Å². The molecule has 1 heterocycles. The van der Waals surface area contributed by atoms with E-state index in [1.807, 2.05) is 20.2 Å². The van der Waals surface area contributed by atoms with Gasteiger partial charge in [0.1, 0.15) is 6.10 Å². The van der Waals surface area contributed by atoms with Gasteiger partial charge in [-0.05, 0) is 31.6 Å². The van der Waals surface area contributed by atoms with E-state index in [-0.39, 0.29) is 0 Å². The number of nitriles is 1. The Morgan fingerprint density at radius 2 is 2.44 bits per heavy atom. The minimum absolute atomic E-state index is 0.515. The highest BCUT2D eigenvalue weighted by atomic mass is 16.3. The molecule has 0 aliphatic heterocycles. The van der Waals surface area contributed by atoms with Crippen LogP contribution < -0.4 is 0 Å². The fourth-order valence-corrected chi connectivity index (χ4v) is 3.09. The first-order valence-electron chi connectivity index (χ1n) is 6.64. The molecule has 0 spiro atoms. The zero-order valence-electron chi connectivity index (χ0n) is 11.3. The van der Waals surface area contributed by atoms with E-state index in [1.165, 1.54) is 0 Å². The van der Waals surface area contributed by atoms with E-state index in [2.05, 4.69) is 18.1 Å². The number of aliphatic hydroxyl groups is 1. The summed E-state index contributed by atoms with van der Waals surface area (Å²) in [4.78, 5) is 0. The maximum absolute atomic E-state index is 10.6. The van der Waals surface area contributed by atoms with Gasteiger partial charge in [-0.15, -0.1) is 0 Å². The first-order valence-corrected chi connectivity index (χ1v) is 6.64. The lowest BCUT2D eigenvalue weighted by Crippen LogP contribution is -2.25. The number of aliphatic hydroxyl groups excluding tert-OH is 1. The van der Waals surface area contributed by atoms with Gasteiger partial charge in [0.15, 0.2) is 0 Å². The number of hydrogen-bond donors (Lipinski definition) is 1. The Balaban J connectivity index is 2.35. The van der Waals surface area contributed by atoms with Crippen molar-refractivity contribution in [1.29, 1.82) is 5.26 Å². The van der Waals surface area contributed by atoms with Crippen molar-refractivity contribution in [2.75, 3.05) is 0 Å². The molecule has 1 saturated carbocycles. The van der Waals surface area contributed by atoms with Crippen molar-refractivity contribution in [3.05, 3.63) is 17.5 Å². The maximum atomic E-state index is 10.6. The minimum Gasteiger partial charge on any atom is -0.387 e. The molecule has 4 nitrogen and oxygen atoms in total. The van der Waals surface area contributed by atoms with Crippen molar-refractivity contribution >= 4 is 0 Å². The van der Waals surface area contributed by atoms with Crippen molar-refractivity contribution < 1.29 is 5.11 Å². The largest absolute Gasteiger partial charge is 0.387 e. The summed E-state index contributed by atoms with van der Waals surface area (Å²) < 4.78 is 1.72. The third kappa shape index (κ3) is 2.04. The van der Waals surface area contributed by atoms with Crippen LogP contribution in [0.2, 0.25) is 0 Å². The summed E-state index contributed by atoms with van der Waals surface area (Å²) in [5, 5.41) is 24.5. The van der Waals surface area contributed by atoms with Crippen molar-refractivity contribution in [2.24, 2.45) is 18.4 Å². The highest BCUT2D eigenvalue weighted by molar-refractivity contribution is 5.26. The van der Waals surface area contributed by atoms with Gasteiger partial charge in [-0.25, -0.2) is 0 Å². The molecule has 18 heavy (non-hydrogen) atoms. The predicted octanol–water partition coefficient (Wildman–Crippen LogP) is 2.35. The lowest BCUT2D eigenvalue weighted by Gasteiger charge is -2.27. The monoisotopic (exact) mass is 247 g/mol. The molecule has 1 aromatic rings. The Morgan fingerprint density at radius 1 is 1.72 bits per heavy atom. The van der Waals surface area contributed by atoms with Gasteiger partial charge in [0.25, 0.3) is 0 Å². The van der Waals surface area contributed by atoms with Gasteiger partial charge in [-0.1, -0.05) is 13.8 Å². The first-order chi connectivity index (χ1) is 8.52. The molecule has 0 aromatic carbocycles. The van der Waals surface area contributed by atoms with Crippen LogP contribution in [0.3, 0.4) is 0 Å². The van der Waals surface area contributed by atoms with E-state index in [9.17, 15) is 10.4 Å². The molecule has 1 aliphatic rings. The fourth-order valence-electron chi connectivity index (χ4n) is 3.09. The smallest absolute Gasteiger partial charge is 0.101 e. The summed E-state index contributed by atoms with van der Waals surface area (Å²) in [6.45, 7) is 4.17. The van der Waals surface area contributed by atoms with Crippen molar-refractivity contribution in [1.82, 2.24) is 9.78 Å². The van der Waals surface area contributed by atoms with Gasteiger partial charge in [0.05, 0.1) is 17.2 Å². The number of nitrogens with zero attached hydrogens (tertiary/aromatic N) is 3. The van der Waals surface area contributed by atoms with Gasteiger partial charge in [0.2, 0.25) is 0 Å². The standard InChI is InChI=1S/C14H21N3O/c1-4-12-11(8-17(3)16-12)13(18)14(9-15)6-5-10(2)7-14/h8,10,13,18H,4-7H2,1-3H3. The molecule has 2 rings (SSSR count). The molecule has 98 valence electrons. The molecular weight excluding hydrogens is 226 g/mol. The van der Waals surface area contributed by atoms with Gasteiger partial charge < -0.3 is 5.11 Å². The van der Waals surface area contributed by atoms with Gasteiger partial charge in [-0.2, -0.15) is 10.4 Å². The average Bonchev–Trinajstić information content (AvgIpc) is 2.92. The van der Waals surface area contributed by atoms with Crippen LogP contribution in [0.5, 0.6) is 0 Å². The third-order valence-electron chi connectivity index (χ3n) is 4.11. The maximum Gasteiger partial charge on any atom is 0.101 e. The number of aromatic nitrogens is 2. The quantitative estimate of drug-likeness (QED) is 0.891. The van der Waals surface area contributed by atoms with Crippen molar-refractivity contribution in [2.45, 2.75) is 45.6 Å². The SMILES string of the molecule is CCc1nn(C)cc1C(O)C1(C#N)CCC(C)C1. The van der Waals surface area contributed by atoms with E-state index in [0.717, 1.165) is 36.9 Å². The Hall–Kier alpha value is -1.34. The van der Waals surface area contributed by atoms with Crippen LogP contribution in [0, 0.1) is 22.7 Å². The molecule has 0 bridgehead atoms. The Morgan fingerprint density at radius 3 is 2.94 bits per heavy atom. The van der Waals surface area contributed by atoms with Gasteiger partial charge in [-0.3, -0.25) is 4.68 Å². The van der Waals surface area contributed by atoms with Crippen LogP contribution >= 0.6 is 0 Å². The second-order valence-corrected chi connectivity index (χ2v) is 5.58. The molecule has 1 aromatic heterocycles. The molecule has 0 amide bonds. The summed E-state index contributed by atoms with van der Waals surface area (Å²) in [5.74, 6) is 0.515. The Bertz CT molecular complexity index is 474. The molecule has 3 unspecified atom stereocenters. The molecule has 1 fully saturated rings. The fraction of sp³-hybridized carbons (Fsp3) is 0.714. The Kier molecular flexibility index (Phi) is 3.45. The highest BCUT2D eigenvalue weighted by Gasteiger charge is 2.45. The van der Waals surface area contributed by atoms with Crippen LogP contribution in [-0.4, -0.2) is 14.9 Å². The van der Waals surface area contributed by atoms with Gasteiger partial charge >= 0.3 is 0 Å². The van der Waals surface area contributed by atoms with Crippen LogP contribution in [0.15, 0.2) is 6.20 Å². The van der Waals surface area contributed by atoms with E-state index in [4.69, 9.17) is 0 Å². The third-order valence-corrected chi connectivity index (χ3v) is 4.11. The van der Waals surface area contributed by atoms with E-state index < -0.39 is 11.5 Å². The van der Waals surface area contributed by atoms with E-state index >= 15 is 0 Å². The summed E-state index contributed by atoms with van der Waals surface area (Å²) >= 11 is 0. The lowest BCUT2D eigenvalue weighted by molar-refractivity contribution is 0.0639. The van der Waals surface area contributed by atoms with E-state index in [0.29, 0.717) is 5.92 Å². The number of hydrogen-bond acceptors (Lipinski definition) is 3. The van der Waals surface area contributed by atoms with Crippen LogP contribution in [0.25, 0.3) is 0 Å². The van der Waals surface area contributed by atoms with Crippen LogP contribution in [0.1, 0.15) is 50.5 Å². The first kappa shape index (κ1) is 13.1. The second kappa shape index (κ2) is 4.74. The van der Waals surface area contributed by atoms with Crippen molar-refractivity contribution in [3.8, 4) is 6.07 Å². The topological polar surface area (TPSA) is 61.8 Å². The summed E-state index contributed by atoms with van der Waals surface area (Å²) in [6.07, 6.45) is 4.51. The molecule has 0 saturated heterocycles. The van der Waals surface area contributed by atoms with Gasteiger partial charge in [0, 0.05) is 18.8 Å². The lowest BCUT2D eigenvalue weighted by atomic mass is 9.78. The summed E-state index contributed by atoms with van der Waals surface area (Å²) in [7, 11) is 1.85. The highest BCUT2D eigenvalue weighted by Crippen LogP contribution is 2.49. The summed E-state index contributed by atoms with van der Waals surface area (Å²) in [5.41, 5.74) is 1.11. The Labute approximate surface area is 108 Å². The van der Waals surface area contributed by atoms with Crippen LogP contribution in [-0.2, 0) is 13.5 Å². The normalized spacial score (nSPS) is 29.2. The van der Waals surface area contributed by atoms with Crippen molar-refractivity contribution in [3.63, 3.8) is 0 Å². The molecule has 1 N–H and O–H groups in total. The number of aryl methyl sites for hydroxylation is 2. The molecule has 3 atom stereocenters. The molecular formula is C14H21N3O. The second-order valence-electron chi connectivity index (χ2n) is 5.58. The minimum atomic E-state index is -0.712. The zero-order valence-corrected chi connectivity index (χ0v) is 11.3. The molecule has 1 aliphatic carbocycles. The summed E-state index contributed by atoms with van der Waals surface area (Å²) in [6, 6.07) is 2.38. The molecule has 4 heteroatoms. The predicted molar refractivity (Wildman–Crippen MR) is 68.6 cm³/mol. The average molecular weight is 247 g/mol.